The van der Waals surface area contributed by atoms with Crippen LogP contribution in [-0.2, 0) is 6.54 Å². The third-order valence-corrected chi connectivity index (χ3v) is 5.40. The van der Waals surface area contributed by atoms with Crippen LogP contribution in [0.5, 0.6) is 17.2 Å². The number of aromatic nitrogens is 3. The van der Waals surface area contributed by atoms with E-state index in [1.54, 1.807) is 27.5 Å². The number of ether oxygens (including phenoxy) is 3. The molecule has 9 nitrogen and oxygen atoms in total. The highest BCUT2D eigenvalue weighted by Crippen LogP contribution is 2.38. The normalized spacial score (nSPS) is 16.9. The SMILES string of the molecule is COc1cc(CN2CCC[C@@H](n3cc(C(=O)NCC(C)C)nn3)C2)cc(OC)c1OC. The molecule has 1 saturated heterocycles. The van der Waals surface area contributed by atoms with Crippen LogP contribution in [0.4, 0.5) is 0 Å². The number of nitrogens with one attached hydrogen (secondary N) is 1. The molecule has 1 atom stereocenters. The van der Waals surface area contributed by atoms with Crippen molar-refractivity contribution in [1.82, 2.24) is 25.2 Å². The van der Waals surface area contributed by atoms with Gasteiger partial charge in [0.05, 0.1) is 33.6 Å². The van der Waals surface area contributed by atoms with Crippen molar-refractivity contribution in [2.45, 2.75) is 39.3 Å². The number of carbonyl (C=O) groups is 1. The summed E-state index contributed by atoms with van der Waals surface area (Å²) < 4.78 is 18.2. The number of carbonyl (C=O) groups excluding carboxylic acids is 1. The maximum absolute atomic E-state index is 12.3. The summed E-state index contributed by atoms with van der Waals surface area (Å²) >= 11 is 0. The fraction of sp³-hybridized carbons (Fsp3) is 0.591. The Kier molecular flexibility index (Phi) is 7.73. The van der Waals surface area contributed by atoms with Gasteiger partial charge in [-0.3, -0.25) is 9.69 Å². The molecule has 1 aliphatic rings. The van der Waals surface area contributed by atoms with Gasteiger partial charge in [0, 0.05) is 19.6 Å². The van der Waals surface area contributed by atoms with Gasteiger partial charge < -0.3 is 19.5 Å². The zero-order valence-electron chi connectivity index (χ0n) is 19.1. The lowest BCUT2D eigenvalue weighted by molar-refractivity contribution is 0.0944. The molecule has 170 valence electrons. The molecule has 1 N–H and O–H groups in total. The summed E-state index contributed by atoms with van der Waals surface area (Å²) in [5.41, 5.74) is 1.45. The number of benzene rings is 1. The van der Waals surface area contributed by atoms with E-state index in [4.69, 9.17) is 14.2 Å². The Morgan fingerprint density at radius 2 is 1.90 bits per heavy atom. The molecule has 1 aliphatic heterocycles. The maximum atomic E-state index is 12.3. The number of methoxy groups -OCH3 is 3. The van der Waals surface area contributed by atoms with E-state index in [9.17, 15) is 4.79 Å². The maximum Gasteiger partial charge on any atom is 0.273 e. The lowest BCUT2D eigenvalue weighted by Crippen LogP contribution is -2.36. The van der Waals surface area contributed by atoms with Crippen LogP contribution in [0, 0.1) is 5.92 Å². The van der Waals surface area contributed by atoms with Gasteiger partial charge in [-0.1, -0.05) is 19.1 Å². The van der Waals surface area contributed by atoms with E-state index in [2.05, 4.69) is 34.4 Å². The highest BCUT2D eigenvalue weighted by atomic mass is 16.5. The molecule has 2 aromatic rings. The van der Waals surface area contributed by atoms with Gasteiger partial charge in [-0.15, -0.1) is 5.10 Å². The Hall–Kier alpha value is -2.81. The topological polar surface area (TPSA) is 90.7 Å². The molecule has 0 radical (unpaired) electrons. The van der Waals surface area contributed by atoms with Crippen LogP contribution in [0.25, 0.3) is 0 Å². The second-order valence-corrected chi connectivity index (χ2v) is 8.25. The number of likely N-dealkylation sites (tertiary alicyclic amines) is 1. The van der Waals surface area contributed by atoms with E-state index in [-0.39, 0.29) is 11.9 Å². The monoisotopic (exact) mass is 431 g/mol. The minimum absolute atomic E-state index is 0.176. The highest BCUT2D eigenvalue weighted by Gasteiger charge is 2.24. The fourth-order valence-corrected chi connectivity index (χ4v) is 3.82. The third-order valence-electron chi connectivity index (χ3n) is 5.40. The summed E-state index contributed by atoms with van der Waals surface area (Å²) in [7, 11) is 4.85. The highest BCUT2D eigenvalue weighted by molar-refractivity contribution is 5.91. The molecule has 1 fully saturated rings. The molecule has 1 amide bonds. The van der Waals surface area contributed by atoms with E-state index < -0.39 is 0 Å². The van der Waals surface area contributed by atoms with Crippen LogP contribution >= 0.6 is 0 Å². The van der Waals surface area contributed by atoms with E-state index in [0.717, 1.165) is 38.0 Å². The first-order valence-electron chi connectivity index (χ1n) is 10.7. The van der Waals surface area contributed by atoms with Crippen molar-refractivity contribution in [2.75, 3.05) is 41.0 Å². The van der Waals surface area contributed by atoms with Crippen molar-refractivity contribution < 1.29 is 19.0 Å². The summed E-state index contributed by atoms with van der Waals surface area (Å²) in [6.45, 7) is 7.31. The average molecular weight is 432 g/mol. The van der Waals surface area contributed by atoms with E-state index in [1.807, 2.05) is 16.8 Å². The Bertz CT molecular complexity index is 858. The first-order chi connectivity index (χ1) is 14.9. The van der Waals surface area contributed by atoms with Gasteiger partial charge in [0.2, 0.25) is 5.75 Å². The van der Waals surface area contributed by atoms with Crippen molar-refractivity contribution in [3.8, 4) is 17.2 Å². The van der Waals surface area contributed by atoms with E-state index >= 15 is 0 Å². The van der Waals surface area contributed by atoms with Crippen molar-refractivity contribution in [2.24, 2.45) is 5.92 Å². The number of hydrogen-bond donors (Lipinski definition) is 1. The summed E-state index contributed by atoms with van der Waals surface area (Å²) in [6.07, 6.45) is 3.80. The zero-order chi connectivity index (χ0) is 22.4. The Balaban J connectivity index is 1.67. The van der Waals surface area contributed by atoms with Crippen LogP contribution in [0.15, 0.2) is 18.3 Å². The summed E-state index contributed by atoms with van der Waals surface area (Å²) in [5, 5.41) is 11.2. The van der Waals surface area contributed by atoms with Crippen LogP contribution < -0.4 is 19.5 Å². The first-order valence-corrected chi connectivity index (χ1v) is 10.7. The van der Waals surface area contributed by atoms with Crippen LogP contribution in [0.1, 0.15) is 48.8 Å². The van der Waals surface area contributed by atoms with Gasteiger partial charge in [0.25, 0.3) is 5.91 Å². The van der Waals surface area contributed by atoms with Gasteiger partial charge in [0.1, 0.15) is 0 Å². The molecule has 0 aliphatic carbocycles. The lowest BCUT2D eigenvalue weighted by atomic mass is 10.0. The molecule has 1 aromatic heterocycles. The summed E-state index contributed by atoms with van der Waals surface area (Å²) in [5.74, 6) is 2.11. The molecule has 2 heterocycles. The smallest absolute Gasteiger partial charge is 0.273 e. The lowest BCUT2D eigenvalue weighted by Gasteiger charge is -2.32. The number of nitrogens with zero attached hydrogens (tertiary/aromatic N) is 4. The van der Waals surface area contributed by atoms with Gasteiger partial charge >= 0.3 is 0 Å². The summed E-state index contributed by atoms with van der Waals surface area (Å²) in [4.78, 5) is 14.6. The van der Waals surface area contributed by atoms with E-state index in [0.29, 0.717) is 35.4 Å². The predicted molar refractivity (Wildman–Crippen MR) is 117 cm³/mol. The molecule has 0 unspecified atom stereocenters. The Morgan fingerprint density at radius 1 is 1.19 bits per heavy atom. The molecular formula is C22H33N5O4. The minimum atomic E-state index is -0.176. The van der Waals surface area contributed by atoms with Crippen molar-refractivity contribution >= 4 is 5.91 Å². The molecule has 0 spiro atoms. The molecule has 31 heavy (non-hydrogen) atoms. The van der Waals surface area contributed by atoms with Gasteiger partial charge in [-0.2, -0.15) is 0 Å². The number of piperidine rings is 1. The Morgan fingerprint density at radius 3 is 2.52 bits per heavy atom. The third kappa shape index (κ3) is 5.66. The molecular weight excluding hydrogens is 398 g/mol. The van der Waals surface area contributed by atoms with Gasteiger partial charge in [0.15, 0.2) is 17.2 Å². The second kappa shape index (κ2) is 10.5. The molecule has 1 aromatic carbocycles. The van der Waals surface area contributed by atoms with E-state index in [1.165, 1.54) is 0 Å². The molecule has 0 bridgehead atoms. The predicted octanol–water partition coefficient (Wildman–Crippen LogP) is 2.53. The van der Waals surface area contributed by atoms with Crippen molar-refractivity contribution in [3.05, 3.63) is 29.6 Å². The second-order valence-electron chi connectivity index (χ2n) is 8.25. The molecule has 9 heteroatoms. The summed E-state index contributed by atoms with van der Waals surface area (Å²) in [6, 6.07) is 4.14. The quantitative estimate of drug-likeness (QED) is 0.652. The number of rotatable bonds is 9. The zero-order valence-corrected chi connectivity index (χ0v) is 19.1. The molecule has 3 rings (SSSR count). The van der Waals surface area contributed by atoms with Crippen LogP contribution in [0.2, 0.25) is 0 Å². The Labute approximate surface area is 183 Å². The van der Waals surface area contributed by atoms with Gasteiger partial charge in [-0.25, -0.2) is 4.68 Å². The first kappa shape index (κ1) is 22.9. The number of hydrogen-bond acceptors (Lipinski definition) is 7. The van der Waals surface area contributed by atoms with Crippen LogP contribution in [-0.4, -0.2) is 66.8 Å². The molecule has 0 saturated carbocycles. The largest absolute Gasteiger partial charge is 0.493 e. The fourth-order valence-electron chi connectivity index (χ4n) is 3.82. The minimum Gasteiger partial charge on any atom is -0.493 e. The van der Waals surface area contributed by atoms with Crippen molar-refractivity contribution in [3.63, 3.8) is 0 Å². The van der Waals surface area contributed by atoms with Crippen LogP contribution in [0.3, 0.4) is 0 Å². The average Bonchev–Trinajstić information content (AvgIpc) is 3.27. The van der Waals surface area contributed by atoms with Crippen molar-refractivity contribution in [1.29, 1.82) is 0 Å². The standard InChI is InChI=1S/C22H33N5O4/c1-15(2)11-23-22(28)18-14-27(25-24-18)17-7-6-8-26(13-17)12-16-9-19(29-3)21(31-5)20(10-16)30-4/h9-10,14-15,17H,6-8,11-13H2,1-5H3,(H,23,28)/t17-/m1/s1. The van der Waals surface area contributed by atoms with Gasteiger partial charge in [-0.05, 0) is 43.0 Å². The number of amides is 1.